The fourth-order valence-electron chi connectivity index (χ4n) is 4.29. The molecule has 2 aliphatic heterocycles. The highest BCUT2D eigenvalue weighted by Gasteiger charge is 2.38. The lowest BCUT2D eigenvalue weighted by Crippen LogP contribution is -2.59. The molecule has 1 fully saturated rings. The molecule has 6 heteroatoms. The van der Waals surface area contributed by atoms with Crippen LogP contribution in [0.1, 0.15) is 47.5 Å². The Bertz CT molecular complexity index is 733. The summed E-state index contributed by atoms with van der Waals surface area (Å²) >= 11 is 0. The monoisotopic (exact) mass is 387 g/mol. The fraction of sp³-hybridized carbons (Fsp3) is 0.636. The van der Waals surface area contributed by atoms with Gasteiger partial charge in [-0.15, -0.1) is 0 Å². The first-order valence-electron chi connectivity index (χ1n) is 10.3. The number of ether oxygens (including phenoxy) is 1. The number of carbonyl (C=O) groups excluding carboxylic acids is 2. The minimum atomic E-state index is -0.612. The quantitative estimate of drug-likeness (QED) is 0.844. The van der Waals surface area contributed by atoms with E-state index < -0.39 is 12.1 Å². The minimum Gasteiger partial charge on any atom is -0.479 e. The van der Waals surface area contributed by atoms with Crippen molar-refractivity contribution in [1.82, 2.24) is 10.2 Å². The van der Waals surface area contributed by atoms with E-state index in [1.807, 2.05) is 24.3 Å². The maximum Gasteiger partial charge on any atom is 0.268 e. The number of hydrogen-bond acceptors (Lipinski definition) is 4. The van der Waals surface area contributed by atoms with Gasteiger partial charge in [0, 0.05) is 18.6 Å². The van der Waals surface area contributed by atoms with Crippen molar-refractivity contribution in [2.75, 3.05) is 24.5 Å². The van der Waals surface area contributed by atoms with Gasteiger partial charge in [0.05, 0.1) is 5.69 Å². The Hall–Kier alpha value is -2.08. The predicted molar refractivity (Wildman–Crippen MR) is 111 cm³/mol. The number of anilines is 1. The lowest BCUT2D eigenvalue weighted by Gasteiger charge is -2.40. The summed E-state index contributed by atoms with van der Waals surface area (Å²) in [4.78, 5) is 29.8. The average molecular weight is 388 g/mol. The van der Waals surface area contributed by atoms with Gasteiger partial charge in [0.2, 0.25) is 5.91 Å². The van der Waals surface area contributed by atoms with Gasteiger partial charge in [-0.25, -0.2) is 0 Å². The molecule has 3 atom stereocenters. The van der Waals surface area contributed by atoms with Crippen LogP contribution in [0.25, 0.3) is 0 Å². The molecule has 2 heterocycles. The molecular weight excluding hydrogens is 354 g/mol. The summed E-state index contributed by atoms with van der Waals surface area (Å²) in [6, 6.07) is 6.76. The molecule has 0 aromatic heterocycles. The van der Waals surface area contributed by atoms with E-state index in [4.69, 9.17) is 4.74 Å². The van der Waals surface area contributed by atoms with E-state index in [-0.39, 0.29) is 17.4 Å². The topological polar surface area (TPSA) is 61.9 Å². The standard InChI is InChI=1S/C22H33N3O3/c1-15-9-8-12-24(13-15)14-22(4,5)23-20(26)16(2)25-18-10-6-7-11-19(18)28-17(3)21(25)27/h6-7,10-11,15-17H,8-9,12-14H2,1-5H3,(H,23,26)/t15-,16-,17-/m1/s1. The Balaban J connectivity index is 1.70. The number of rotatable bonds is 5. The van der Waals surface area contributed by atoms with Crippen molar-refractivity contribution >= 4 is 17.5 Å². The number of piperidine rings is 1. The van der Waals surface area contributed by atoms with E-state index in [1.165, 1.54) is 12.8 Å². The van der Waals surface area contributed by atoms with Crippen LogP contribution in [0.5, 0.6) is 5.75 Å². The van der Waals surface area contributed by atoms with Gasteiger partial charge in [-0.3, -0.25) is 14.5 Å². The van der Waals surface area contributed by atoms with Gasteiger partial charge in [0.25, 0.3) is 5.91 Å². The molecule has 154 valence electrons. The number of amides is 2. The Morgan fingerprint density at radius 1 is 1.32 bits per heavy atom. The second kappa shape index (κ2) is 8.11. The van der Waals surface area contributed by atoms with Gasteiger partial charge >= 0.3 is 0 Å². The molecule has 1 aromatic rings. The normalized spacial score (nSPS) is 24.3. The average Bonchev–Trinajstić information content (AvgIpc) is 2.61. The van der Waals surface area contributed by atoms with Crippen LogP contribution in [-0.2, 0) is 9.59 Å². The number of benzene rings is 1. The van der Waals surface area contributed by atoms with Crippen molar-refractivity contribution in [3.8, 4) is 5.75 Å². The molecule has 0 aliphatic carbocycles. The van der Waals surface area contributed by atoms with Crippen LogP contribution >= 0.6 is 0 Å². The van der Waals surface area contributed by atoms with Gasteiger partial charge in [0.15, 0.2) is 6.10 Å². The van der Waals surface area contributed by atoms with Crippen molar-refractivity contribution < 1.29 is 14.3 Å². The first-order valence-corrected chi connectivity index (χ1v) is 10.3. The van der Waals surface area contributed by atoms with E-state index in [0.717, 1.165) is 19.6 Å². The zero-order valence-electron chi connectivity index (χ0n) is 17.7. The second-order valence-corrected chi connectivity index (χ2v) is 8.97. The summed E-state index contributed by atoms with van der Waals surface area (Å²) in [6.45, 7) is 12.8. The molecule has 0 bridgehead atoms. The summed E-state index contributed by atoms with van der Waals surface area (Å²) in [6.07, 6.45) is 1.88. The van der Waals surface area contributed by atoms with Crippen molar-refractivity contribution in [3.63, 3.8) is 0 Å². The van der Waals surface area contributed by atoms with Crippen molar-refractivity contribution in [2.24, 2.45) is 5.92 Å². The minimum absolute atomic E-state index is 0.146. The first-order chi connectivity index (χ1) is 13.2. The third-order valence-electron chi connectivity index (χ3n) is 5.60. The molecule has 2 amide bonds. The summed E-state index contributed by atoms with van der Waals surface area (Å²) in [5.41, 5.74) is 0.277. The van der Waals surface area contributed by atoms with Crippen LogP contribution in [-0.4, -0.2) is 54.0 Å². The molecule has 6 nitrogen and oxygen atoms in total. The third kappa shape index (κ3) is 4.49. The molecule has 1 N–H and O–H groups in total. The molecule has 0 unspecified atom stereocenters. The number of hydrogen-bond donors (Lipinski definition) is 1. The fourth-order valence-corrected chi connectivity index (χ4v) is 4.29. The third-order valence-corrected chi connectivity index (χ3v) is 5.60. The van der Waals surface area contributed by atoms with Gasteiger partial charge < -0.3 is 15.0 Å². The highest BCUT2D eigenvalue weighted by atomic mass is 16.5. The number of fused-ring (bicyclic) bond motifs is 1. The Kier molecular flexibility index (Phi) is 5.98. The molecule has 2 aliphatic rings. The molecule has 0 radical (unpaired) electrons. The molecule has 1 saturated heterocycles. The summed E-state index contributed by atoms with van der Waals surface area (Å²) in [5, 5.41) is 3.17. The summed E-state index contributed by atoms with van der Waals surface area (Å²) in [5.74, 6) is 0.996. The number of para-hydroxylation sites is 2. The van der Waals surface area contributed by atoms with Crippen LogP contribution in [0.15, 0.2) is 24.3 Å². The maximum atomic E-state index is 13.1. The van der Waals surface area contributed by atoms with Crippen LogP contribution in [0.2, 0.25) is 0 Å². The van der Waals surface area contributed by atoms with Crippen molar-refractivity contribution in [2.45, 2.75) is 65.1 Å². The van der Waals surface area contributed by atoms with Crippen LogP contribution in [0.3, 0.4) is 0 Å². The highest BCUT2D eigenvalue weighted by molar-refractivity contribution is 6.05. The molecule has 3 rings (SSSR count). The maximum absolute atomic E-state index is 13.1. The lowest BCUT2D eigenvalue weighted by atomic mass is 9.97. The van der Waals surface area contributed by atoms with Gasteiger partial charge in [-0.05, 0) is 65.1 Å². The zero-order valence-corrected chi connectivity index (χ0v) is 17.7. The Morgan fingerprint density at radius 3 is 2.75 bits per heavy atom. The van der Waals surface area contributed by atoms with Crippen molar-refractivity contribution in [3.05, 3.63) is 24.3 Å². The van der Waals surface area contributed by atoms with Gasteiger partial charge in [-0.1, -0.05) is 19.1 Å². The Morgan fingerprint density at radius 2 is 2.04 bits per heavy atom. The van der Waals surface area contributed by atoms with E-state index in [1.54, 1.807) is 18.7 Å². The smallest absolute Gasteiger partial charge is 0.268 e. The largest absolute Gasteiger partial charge is 0.479 e. The first kappa shape index (κ1) is 20.6. The van der Waals surface area contributed by atoms with Crippen molar-refractivity contribution in [1.29, 1.82) is 0 Å². The van der Waals surface area contributed by atoms with Crippen LogP contribution in [0.4, 0.5) is 5.69 Å². The second-order valence-electron chi connectivity index (χ2n) is 8.97. The summed E-state index contributed by atoms with van der Waals surface area (Å²) < 4.78 is 5.69. The van der Waals surface area contributed by atoms with Gasteiger partial charge in [0.1, 0.15) is 11.8 Å². The summed E-state index contributed by atoms with van der Waals surface area (Å²) in [7, 11) is 0. The molecule has 0 saturated carbocycles. The lowest BCUT2D eigenvalue weighted by molar-refractivity contribution is -0.130. The molecular formula is C22H33N3O3. The molecule has 28 heavy (non-hydrogen) atoms. The van der Waals surface area contributed by atoms with E-state index >= 15 is 0 Å². The molecule has 1 aromatic carbocycles. The van der Waals surface area contributed by atoms with E-state index in [0.29, 0.717) is 17.4 Å². The zero-order chi connectivity index (χ0) is 20.5. The number of likely N-dealkylation sites (tertiary alicyclic amines) is 1. The Labute approximate surface area is 168 Å². The van der Waals surface area contributed by atoms with E-state index in [2.05, 4.69) is 31.0 Å². The number of nitrogens with one attached hydrogen (secondary N) is 1. The van der Waals surface area contributed by atoms with Crippen LogP contribution in [0, 0.1) is 5.92 Å². The highest BCUT2D eigenvalue weighted by Crippen LogP contribution is 2.35. The number of carbonyl (C=O) groups is 2. The number of nitrogens with zero attached hydrogens (tertiary/aromatic N) is 2. The van der Waals surface area contributed by atoms with Crippen LogP contribution < -0.4 is 15.0 Å². The predicted octanol–water partition coefficient (Wildman–Crippen LogP) is 2.82. The van der Waals surface area contributed by atoms with Gasteiger partial charge in [-0.2, -0.15) is 0 Å². The SMILES string of the molecule is C[C@@H]1CCCN(CC(C)(C)NC(=O)[C@@H](C)N2C(=O)[C@@H](C)Oc3ccccc32)C1. The van der Waals surface area contributed by atoms with E-state index in [9.17, 15) is 9.59 Å². The molecule has 0 spiro atoms.